The molecule has 0 unspecified atom stereocenters. The van der Waals surface area contributed by atoms with Gasteiger partial charge in [-0.15, -0.1) is 0 Å². The number of ether oxygens (including phenoxy) is 1. The molecule has 1 aromatic heterocycles. The van der Waals surface area contributed by atoms with Gasteiger partial charge >= 0.3 is 12.4 Å². The first-order valence-electron chi connectivity index (χ1n) is 4.95. The maximum Gasteiger partial charge on any atom is 0.422 e. The zero-order valence-electron chi connectivity index (χ0n) is 9.10. The molecule has 8 heteroatoms. The summed E-state index contributed by atoms with van der Waals surface area (Å²) in [5, 5.41) is -0.230. The van der Waals surface area contributed by atoms with Crippen LogP contribution >= 0.6 is 0 Å². The van der Waals surface area contributed by atoms with Crippen molar-refractivity contribution in [2.45, 2.75) is 12.4 Å². The molecule has 0 amide bonds. The number of hydrogen-bond donors (Lipinski definition) is 0. The third-order valence-corrected chi connectivity index (χ3v) is 2.25. The second kappa shape index (κ2) is 4.36. The van der Waals surface area contributed by atoms with Crippen LogP contribution < -0.4 is 4.74 Å². The summed E-state index contributed by atoms with van der Waals surface area (Å²) in [5.74, 6) is -0.215. The molecule has 1 heterocycles. The molecule has 0 aliphatic heterocycles. The Labute approximate surface area is 102 Å². The van der Waals surface area contributed by atoms with Crippen LogP contribution in [0, 0.1) is 0 Å². The Balaban J connectivity index is 2.28. The van der Waals surface area contributed by atoms with Crippen molar-refractivity contribution in [3.63, 3.8) is 0 Å². The monoisotopic (exact) mass is 284 g/mol. The van der Waals surface area contributed by atoms with Crippen molar-refractivity contribution in [3.05, 3.63) is 30.0 Å². The third kappa shape index (κ3) is 3.12. The highest BCUT2D eigenvalue weighted by atomic mass is 19.4. The predicted octanol–water partition coefficient (Wildman–Crippen LogP) is 4.39. The first-order valence-corrected chi connectivity index (χ1v) is 4.95. The molecule has 2 aromatic rings. The smallest absolute Gasteiger partial charge is 0.422 e. The fraction of sp³-hybridized carbons (Fsp3) is 0.273. The molecule has 2 nitrogen and oxygen atoms in total. The number of fused-ring (bicyclic) bond motifs is 1. The first-order chi connectivity index (χ1) is 8.67. The Morgan fingerprint density at radius 2 is 1.74 bits per heavy atom. The van der Waals surface area contributed by atoms with Gasteiger partial charge in [0.05, 0.1) is 0 Å². The molecule has 0 bridgehead atoms. The minimum atomic E-state index is -4.58. The maximum atomic E-state index is 12.5. The van der Waals surface area contributed by atoms with Crippen molar-refractivity contribution in [2.24, 2.45) is 0 Å². The molecule has 1 aromatic carbocycles. The molecule has 0 atom stereocenters. The first kappa shape index (κ1) is 13.6. The van der Waals surface area contributed by atoms with Crippen molar-refractivity contribution in [3.8, 4) is 5.75 Å². The van der Waals surface area contributed by atoms with E-state index < -0.39 is 24.5 Å². The number of alkyl halides is 6. The quantitative estimate of drug-likeness (QED) is 0.763. The van der Waals surface area contributed by atoms with Crippen LogP contribution in [0.4, 0.5) is 26.3 Å². The highest BCUT2D eigenvalue weighted by Crippen LogP contribution is 2.37. The van der Waals surface area contributed by atoms with Crippen LogP contribution in [0.15, 0.2) is 28.9 Å². The molecule has 0 radical (unpaired) electrons. The summed E-state index contributed by atoms with van der Waals surface area (Å²) < 4.78 is 82.4. The Kier molecular flexibility index (Phi) is 3.11. The van der Waals surface area contributed by atoms with Crippen LogP contribution in [0.3, 0.4) is 0 Å². The Bertz CT molecular complexity index is 581. The molecule has 0 fully saturated rings. The number of halogens is 6. The van der Waals surface area contributed by atoms with E-state index in [-0.39, 0.29) is 16.7 Å². The van der Waals surface area contributed by atoms with E-state index in [1.165, 1.54) is 0 Å². The van der Waals surface area contributed by atoms with E-state index in [1.54, 1.807) is 0 Å². The van der Waals surface area contributed by atoms with Gasteiger partial charge in [-0.3, -0.25) is 0 Å². The predicted molar refractivity (Wildman–Crippen MR) is 52.8 cm³/mol. The Hall–Kier alpha value is -1.86. The van der Waals surface area contributed by atoms with Crippen molar-refractivity contribution in [1.29, 1.82) is 0 Å². The van der Waals surface area contributed by atoms with Crippen LogP contribution in [-0.2, 0) is 6.18 Å². The van der Waals surface area contributed by atoms with Crippen LogP contribution in [0.5, 0.6) is 5.75 Å². The summed E-state index contributed by atoms with van der Waals surface area (Å²) >= 11 is 0. The molecule has 0 saturated carbocycles. The average Bonchev–Trinajstić information content (AvgIpc) is 2.67. The van der Waals surface area contributed by atoms with Gasteiger partial charge in [0.25, 0.3) is 0 Å². The van der Waals surface area contributed by atoms with Gasteiger partial charge < -0.3 is 9.15 Å². The van der Waals surface area contributed by atoms with Gasteiger partial charge in [-0.2, -0.15) is 26.3 Å². The number of rotatable bonds is 2. The molecule has 0 aliphatic rings. The summed E-state index contributed by atoms with van der Waals surface area (Å²) in [7, 11) is 0. The summed E-state index contributed by atoms with van der Waals surface area (Å²) in [5.41, 5.74) is -1.17. The van der Waals surface area contributed by atoms with Crippen LogP contribution in [0.1, 0.15) is 5.56 Å². The Morgan fingerprint density at radius 3 is 2.32 bits per heavy atom. The van der Waals surface area contributed by atoms with E-state index in [2.05, 4.69) is 9.15 Å². The lowest BCUT2D eigenvalue weighted by molar-refractivity contribution is -0.153. The van der Waals surface area contributed by atoms with E-state index in [9.17, 15) is 26.3 Å². The lowest BCUT2D eigenvalue weighted by atomic mass is 10.1. The SMILES string of the molecule is FC(F)(F)COc1ccc2c(C(F)(F)F)coc2c1. The zero-order valence-corrected chi connectivity index (χ0v) is 9.10. The highest BCUT2D eigenvalue weighted by molar-refractivity contribution is 5.82. The van der Waals surface area contributed by atoms with Crippen molar-refractivity contribution in [2.75, 3.05) is 6.61 Å². The van der Waals surface area contributed by atoms with Gasteiger partial charge in [0.15, 0.2) is 6.61 Å². The van der Waals surface area contributed by atoms with Crippen LogP contribution in [0.25, 0.3) is 11.0 Å². The van der Waals surface area contributed by atoms with Crippen molar-refractivity contribution < 1.29 is 35.5 Å². The second-order valence-corrected chi connectivity index (χ2v) is 3.71. The van der Waals surface area contributed by atoms with E-state index >= 15 is 0 Å². The fourth-order valence-corrected chi connectivity index (χ4v) is 1.48. The molecule has 0 spiro atoms. The summed E-state index contributed by atoms with van der Waals surface area (Å²) in [4.78, 5) is 0. The van der Waals surface area contributed by atoms with Gasteiger partial charge in [0.1, 0.15) is 23.2 Å². The lowest BCUT2D eigenvalue weighted by Gasteiger charge is -2.09. The largest absolute Gasteiger partial charge is 0.484 e. The van der Waals surface area contributed by atoms with Gasteiger partial charge in [0.2, 0.25) is 0 Å². The average molecular weight is 284 g/mol. The zero-order chi connectivity index (χ0) is 14.3. The normalized spacial score (nSPS) is 12.9. The molecular formula is C11H6F6O2. The number of benzene rings is 1. The highest BCUT2D eigenvalue weighted by Gasteiger charge is 2.34. The fourth-order valence-electron chi connectivity index (χ4n) is 1.48. The number of furan rings is 1. The maximum absolute atomic E-state index is 12.5. The third-order valence-electron chi connectivity index (χ3n) is 2.25. The van der Waals surface area contributed by atoms with E-state index in [0.29, 0.717) is 6.26 Å². The summed E-state index contributed by atoms with van der Waals surface area (Å²) in [6, 6.07) is 3.02. The second-order valence-electron chi connectivity index (χ2n) is 3.71. The van der Waals surface area contributed by atoms with E-state index in [0.717, 1.165) is 18.2 Å². The van der Waals surface area contributed by atoms with Gasteiger partial charge in [-0.25, -0.2) is 0 Å². The molecule has 0 N–H and O–H groups in total. The topological polar surface area (TPSA) is 22.4 Å². The summed E-state index contributed by atoms with van der Waals surface area (Å²) in [6.07, 6.45) is -8.59. The van der Waals surface area contributed by atoms with E-state index in [4.69, 9.17) is 0 Å². The summed E-state index contributed by atoms with van der Waals surface area (Å²) in [6.45, 7) is -1.52. The van der Waals surface area contributed by atoms with Crippen molar-refractivity contribution >= 4 is 11.0 Å². The minimum absolute atomic E-state index is 0.188. The Morgan fingerprint density at radius 1 is 1.05 bits per heavy atom. The molecule has 19 heavy (non-hydrogen) atoms. The molecule has 104 valence electrons. The molecular weight excluding hydrogens is 278 g/mol. The van der Waals surface area contributed by atoms with Gasteiger partial charge in [-0.05, 0) is 12.1 Å². The van der Waals surface area contributed by atoms with E-state index in [1.807, 2.05) is 0 Å². The molecule has 2 rings (SSSR count). The number of hydrogen-bond acceptors (Lipinski definition) is 2. The van der Waals surface area contributed by atoms with Crippen molar-refractivity contribution in [1.82, 2.24) is 0 Å². The molecule has 0 aliphatic carbocycles. The van der Waals surface area contributed by atoms with Gasteiger partial charge in [0, 0.05) is 11.5 Å². The van der Waals surface area contributed by atoms with Gasteiger partial charge in [-0.1, -0.05) is 0 Å². The van der Waals surface area contributed by atoms with Crippen LogP contribution in [-0.4, -0.2) is 12.8 Å². The standard InChI is InChI=1S/C11H6F6O2/c12-10(13,14)5-19-6-1-2-7-8(11(15,16)17)4-18-9(7)3-6/h1-4H,5H2. The minimum Gasteiger partial charge on any atom is -0.484 e. The van der Waals surface area contributed by atoms with Crippen LogP contribution in [0.2, 0.25) is 0 Å². The lowest BCUT2D eigenvalue weighted by Crippen LogP contribution is -2.19. The molecule has 0 saturated heterocycles.